The highest BCUT2D eigenvalue weighted by atomic mass is 35.5. The van der Waals surface area contributed by atoms with Gasteiger partial charge in [0, 0.05) is 10.6 Å². The molecule has 1 aromatic carbocycles. The first kappa shape index (κ1) is 10.6. The molecule has 1 aromatic heterocycles. The van der Waals surface area contributed by atoms with E-state index in [1.807, 2.05) is 0 Å². The van der Waals surface area contributed by atoms with Crippen molar-refractivity contribution in [1.29, 1.82) is 0 Å². The van der Waals surface area contributed by atoms with Gasteiger partial charge in [0.15, 0.2) is 0 Å². The highest BCUT2D eigenvalue weighted by molar-refractivity contribution is 6.30. The number of benzene rings is 1. The molecule has 0 fully saturated rings. The summed E-state index contributed by atoms with van der Waals surface area (Å²) in [5.41, 5.74) is 7.02. The van der Waals surface area contributed by atoms with Gasteiger partial charge < -0.3 is 10.8 Å². The van der Waals surface area contributed by atoms with Crippen LogP contribution in [0.5, 0.6) is 5.75 Å². The Labute approximate surface area is 96.9 Å². The Balaban J connectivity index is 2.59. The van der Waals surface area contributed by atoms with Gasteiger partial charge in [0.1, 0.15) is 11.4 Å². The zero-order valence-corrected chi connectivity index (χ0v) is 9.23. The topological polar surface area (TPSA) is 84.9 Å². The minimum Gasteiger partial charge on any atom is -0.507 e. The fourth-order valence-electron chi connectivity index (χ4n) is 1.37. The predicted octanol–water partition coefficient (Wildman–Crippen LogP) is 1.79. The Morgan fingerprint density at radius 3 is 2.69 bits per heavy atom. The maximum atomic E-state index is 9.73. The number of phenols is 1. The number of hydrogen-bond donors (Lipinski definition) is 2. The van der Waals surface area contributed by atoms with Crippen molar-refractivity contribution in [3.05, 3.63) is 28.9 Å². The van der Waals surface area contributed by atoms with Gasteiger partial charge in [0.25, 0.3) is 0 Å². The fraction of sp³-hybridized carbons (Fsp3) is 0.100. The molecule has 5 nitrogen and oxygen atoms in total. The number of rotatable bonds is 1. The third-order valence-corrected chi connectivity index (χ3v) is 2.33. The van der Waals surface area contributed by atoms with Crippen LogP contribution in [0, 0.1) is 6.92 Å². The Bertz CT molecular complexity index is 495. The minimum absolute atomic E-state index is 0.0384. The molecule has 0 saturated heterocycles. The number of anilines is 1. The van der Waals surface area contributed by atoms with Crippen LogP contribution in [-0.4, -0.2) is 20.3 Å². The molecule has 0 radical (unpaired) electrons. The Morgan fingerprint density at radius 1 is 1.31 bits per heavy atom. The van der Waals surface area contributed by atoms with E-state index in [9.17, 15) is 5.11 Å². The van der Waals surface area contributed by atoms with E-state index in [1.165, 1.54) is 6.07 Å². The third kappa shape index (κ3) is 1.90. The van der Waals surface area contributed by atoms with Gasteiger partial charge in [0.2, 0.25) is 5.95 Å². The van der Waals surface area contributed by atoms with Crippen molar-refractivity contribution in [1.82, 2.24) is 15.2 Å². The van der Waals surface area contributed by atoms with Crippen molar-refractivity contribution < 1.29 is 5.11 Å². The van der Waals surface area contributed by atoms with E-state index in [-0.39, 0.29) is 11.7 Å². The monoisotopic (exact) mass is 236 g/mol. The van der Waals surface area contributed by atoms with Gasteiger partial charge in [-0.25, -0.2) is 4.98 Å². The van der Waals surface area contributed by atoms with Gasteiger partial charge in [0.05, 0.1) is 5.69 Å². The lowest BCUT2D eigenvalue weighted by molar-refractivity contribution is 0.477. The molecule has 0 aliphatic rings. The highest BCUT2D eigenvalue weighted by Gasteiger charge is 2.11. The normalized spacial score (nSPS) is 10.4. The van der Waals surface area contributed by atoms with Crippen LogP contribution in [-0.2, 0) is 0 Å². The van der Waals surface area contributed by atoms with Crippen LogP contribution in [0.15, 0.2) is 18.2 Å². The zero-order chi connectivity index (χ0) is 11.7. The van der Waals surface area contributed by atoms with E-state index in [1.54, 1.807) is 19.1 Å². The third-order valence-electron chi connectivity index (χ3n) is 2.09. The van der Waals surface area contributed by atoms with Crippen molar-refractivity contribution >= 4 is 17.5 Å². The lowest BCUT2D eigenvalue weighted by atomic mass is 10.1. The summed E-state index contributed by atoms with van der Waals surface area (Å²) in [5.74, 6) is 0.145. The Kier molecular flexibility index (Phi) is 2.62. The van der Waals surface area contributed by atoms with Crippen LogP contribution in [0.4, 0.5) is 5.95 Å². The number of nitrogens with two attached hydrogens (primary N) is 1. The summed E-state index contributed by atoms with van der Waals surface area (Å²) in [5, 5.41) is 17.7. The largest absolute Gasteiger partial charge is 0.507 e. The smallest absolute Gasteiger partial charge is 0.240 e. The van der Waals surface area contributed by atoms with E-state index >= 15 is 0 Å². The van der Waals surface area contributed by atoms with Gasteiger partial charge in [-0.05, 0) is 25.1 Å². The molecule has 0 amide bonds. The molecular weight excluding hydrogens is 228 g/mol. The number of aryl methyl sites for hydroxylation is 1. The van der Waals surface area contributed by atoms with E-state index in [0.29, 0.717) is 22.0 Å². The molecule has 0 unspecified atom stereocenters. The lowest BCUT2D eigenvalue weighted by Crippen LogP contribution is -2.01. The number of nitrogens with zero attached hydrogens (tertiary/aromatic N) is 3. The second kappa shape index (κ2) is 3.94. The summed E-state index contributed by atoms with van der Waals surface area (Å²) in [6, 6.07) is 4.76. The number of halogens is 1. The molecule has 0 spiro atoms. The van der Waals surface area contributed by atoms with E-state index in [0.717, 1.165) is 0 Å². The molecule has 82 valence electrons. The maximum absolute atomic E-state index is 9.73. The summed E-state index contributed by atoms with van der Waals surface area (Å²) in [6.45, 7) is 1.74. The highest BCUT2D eigenvalue weighted by Crippen LogP contribution is 2.31. The zero-order valence-electron chi connectivity index (χ0n) is 8.48. The molecule has 6 heteroatoms. The number of phenolic OH excluding ortho intramolecular Hbond substituents is 1. The molecule has 0 aliphatic heterocycles. The van der Waals surface area contributed by atoms with Crippen LogP contribution >= 0.6 is 11.6 Å². The van der Waals surface area contributed by atoms with Crippen LogP contribution in [0.25, 0.3) is 11.3 Å². The summed E-state index contributed by atoms with van der Waals surface area (Å²) < 4.78 is 0. The van der Waals surface area contributed by atoms with Gasteiger partial charge in [-0.1, -0.05) is 11.6 Å². The summed E-state index contributed by atoms with van der Waals surface area (Å²) in [6.07, 6.45) is 0. The Morgan fingerprint density at radius 2 is 2.06 bits per heavy atom. The quantitative estimate of drug-likeness (QED) is 0.789. The predicted molar refractivity (Wildman–Crippen MR) is 61.1 cm³/mol. The van der Waals surface area contributed by atoms with Gasteiger partial charge >= 0.3 is 0 Å². The molecule has 2 rings (SSSR count). The number of aromatic nitrogens is 3. The number of aromatic hydroxyl groups is 1. The van der Waals surface area contributed by atoms with E-state index < -0.39 is 0 Å². The van der Waals surface area contributed by atoms with Crippen LogP contribution in [0.2, 0.25) is 5.02 Å². The summed E-state index contributed by atoms with van der Waals surface area (Å²) in [7, 11) is 0. The van der Waals surface area contributed by atoms with Crippen molar-refractivity contribution in [2.45, 2.75) is 6.92 Å². The molecule has 0 bridgehead atoms. The van der Waals surface area contributed by atoms with Crippen molar-refractivity contribution in [3.63, 3.8) is 0 Å². The lowest BCUT2D eigenvalue weighted by Gasteiger charge is -2.06. The molecule has 0 saturated carbocycles. The van der Waals surface area contributed by atoms with Crippen molar-refractivity contribution in [2.75, 3.05) is 5.73 Å². The molecule has 3 N–H and O–H groups in total. The number of nitrogen functional groups attached to an aromatic ring is 1. The SMILES string of the molecule is Cc1nc(N)nnc1-c1ccc(Cl)cc1O. The second-order valence-electron chi connectivity index (χ2n) is 3.27. The molecular formula is C10H9ClN4O. The standard InChI is InChI=1S/C10H9ClN4O/c1-5-9(14-15-10(12)13-5)7-3-2-6(11)4-8(7)16/h2-4,16H,1H3,(H2,12,13,15). The first-order valence-electron chi connectivity index (χ1n) is 4.53. The molecule has 0 atom stereocenters. The maximum Gasteiger partial charge on any atom is 0.240 e. The van der Waals surface area contributed by atoms with Crippen molar-refractivity contribution in [2.24, 2.45) is 0 Å². The number of hydrogen-bond acceptors (Lipinski definition) is 5. The first-order valence-corrected chi connectivity index (χ1v) is 4.91. The fourth-order valence-corrected chi connectivity index (χ4v) is 1.54. The molecule has 0 aliphatic carbocycles. The average Bonchev–Trinajstić information content (AvgIpc) is 2.19. The Hall–Kier alpha value is -1.88. The summed E-state index contributed by atoms with van der Waals surface area (Å²) in [4.78, 5) is 3.97. The van der Waals surface area contributed by atoms with E-state index in [2.05, 4.69) is 15.2 Å². The summed E-state index contributed by atoms with van der Waals surface area (Å²) >= 11 is 5.74. The van der Waals surface area contributed by atoms with E-state index in [4.69, 9.17) is 17.3 Å². The average molecular weight is 237 g/mol. The first-order chi connectivity index (χ1) is 7.58. The minimum atomic E-state index is 0.0384. The second-order valence-corrected chi connectivity index (χ2v) is 3.70. The van der Waals surface area contributed by atoms with Crippen LogP contribution in [0.1, 0.15) is 5.69 Å². The molecule has 1 heterocycles. The van der Waals surface area contributed by atoms with Crippen molar-refractivity contribution in [3.8, 4) is 17.0 Å². The van der Waals surface area contributed by atoms with Gasteiger partial charge in [-0.3, -0.25) is 0 Å². The van der Waals surface area contributed by atoms with Crippen LogP contribution < -0.4 is 5.73 Å². The molecule has 16 heavy (non-hydrogen) atoms. The molecule has 2 aromatic rings. The van der Waals surface area contributed by atoms with Gasteiger partial charge in [-0.2, -0.15) is 0 Å². The van der Waals surface area contributed by atoms with Gasteiger partial charge in [-0.15, -0.1) is 10.2 Å². The van der Waals surface area contributed by atoms with Crippen LogP contribution in [0.3, 0.4) is 0 Å².